The fourth-order valence-electron chi connectivity index (χ4n) is 1.88. The molecular weight excluding hydrogens is 194 g/mol. The molecule has 0 radical (unpaired) electrons. The first-order valence-corrected chi connectivity index (χ1v) is 5.61. The number of carbonyl (C=O) groups is 2. The van der Waals surface area contributed by atoms with Crippen LogP contribution in [0.4, 0.5) is 0 Å². The van der Waals surface area contributed by atoms with Gasteiger partial charge in [-0.25, -0.2) is 0 Å². The molecule has 0 unspecified atom stereocenters. The Kier molecular flexibility index (Phi) is 3.72. The summed E-state index contributed by atoms with van der Waals surface area (Å²) in [4.78, 5) is 22.9. The number of amides is 1. The second-order valence-electron chi connectivity index (χ2n) is 4.23. The first-order chi connectivity index (χ1) is 7.06. The second-order valence-corrected chi connectivity index (χ2v) is 4.23. The van der Waals surface area contributed by atoms with E-state index in [-0.39, 0.29) is 11.9 Å². The smallest absolute Gasteiger partial charge is 0.319 e. The lowest BCUT2D eigenvalue weighted by Crippen LogP contribution is -2.53. The van der Waals surface area contributed by atoms with Gasteiger partial charge in [0.15, 0.2) is 0 Å². The number of hydrogen-bond acceptors (Lipinski definition) is 2. The summed E-state index contributed by atoms with van der Waals surface area (Å²) < 4.78 is 0. The van der Waals surface area contributed by atoms with Gasteiger partial charge >= 0.3 is 5.97 Å². The monoisotopic (exact) mass is 213 g/mol. The van der Waals surface area contributed by atoms with Crippen molar-refractivity contribution in [3.05, 3.63) is 0 Å². The summed E-state index contributed by atoms with van der Waals surface area (Å²) in [7, 11) is 0. The zero-order valence-corrected chi connectivity index (χ0v) is 9.38. The van der Waals surface area contributed by atoms with Crippen molar-refractivity contribution in [2.45, 2.75) is 52.0 Å². The Morgan fingerprint density at radius 2 is 1.87 bits per heavy atom. The molecule has 4 nitrogen and oxygen atoms in total. The molecule has 0 atom stereocenters. The van der Waals surface area contributed by atoms with E-state index in [2.05, 4.69) is 5.32 Å². The maximum atomic E-state index is 11.8. The highest BCUT2D eigenvalue weighted by Crippen LogP contribution is 2.41. The number of nitrogens with one attached hydrogen (secondary N) is 1. The summed E-state index contributed by atoms with van der Waals surface area (Å²) in [5.74, 6) is -1.27. The van der Waals surface area contributed by atoms with Crippen LogP contribution in [0.3, 0.4) is 0 Å². The van der Waals surface area contributed by atoms with Gasteiger partial charge in [-0.1, -0.05) is 20.3 Å². The fourth-order valence-corrected chi connectivity index (χ4v) is 1.88. The molecular formula is C11H19NO3. The van der Waals surface area contributed by atoms with E-state index in [0.717, 1.165) is 19.3 Å². The number of rotatable bonds is 5. The number of carbonyl (C=O) groups excluding carboxylic acids is 1. The molecule has 15 heavy (non-hydrogen) atoms. The molecule has 86 valence electrons. The number of hydrogen-bond donors (Lipinski definition) is 2. The average molecular weight is 213 g/mol. The van der Waals surface area contributed by atoms with Crippen LogP contribution in [0.15, 0.2) is 0 Å². The molecule has 2 N–H and O–H groups in total. The Balaban J connectivity index is 2.62. The summed E-state index contributed by atoms with van der Waals surface area (Å²) in [5.41, 5.74) is -1.12. The van der Waals surface area contributed by atoms with Crippen molar-refractivity contribution in [1.82, 2.24) is 5.32 Å². The predicted octanol–water partition coefficient (Wildman–Crippen LogP) is 1.55. The van der Waals surface area contributed by atoms with Crippen LogP contribution in [-0.2, 0) is 9.59 Å². The quantitative estimate of drug-likeness (QED) is 0.681. The highest BCUT2D eigenvalue weighted by Gasteiger charge is 2.51. The Morgan fingerprint density at radius 1 is 1.33 bits per heavy atom. The number of carboxylic acid groups (broad SMARTS) is 1. The highest BCUT2D eigenvalue weighted by atomic mass is 16.4. The summed E-state index contributed by atoms with van der Waals surface area (Å²) in [6.07, 6.45) is 3.49. The minimum Gasteiger partial charge on any atom is -0.480 e. The number of carboxylic acids is 1. The molecule has 4 heteroatoms. The van der Waals surface area contributed by atoms with Gasteiger partial charge in [-0.05, 0) is 25.7 Å². The van der Waals surface area contributed by atoms with Crippen molar-refractivity contribution < 1.29 is 14.7 Å². The lowest BCUT2D eigenvalue weighted by Gasteiger charge is -2.36. The molecule has 0 heterocycles. The van der Waals surface area contributed by atoms with E-state index >= 15 is 0 Å². The van der Waals surface area contributed by atoms with Gasteiger partial charge in [-0.2, -0.15) is 0 Å². The summed E-state index contributed by atoms with van der Waals surface area (Å²) in [6.45, 7) is 3.98. The Morgan fingerprint density at radius 3 is 2.13 bits per heavy atom. The molecule has 0 aromatic rings. The molecule has 1 aliphatic carbocycles. The van der Waals surface area contributed by atoms with Crippen LogP contribution in [-0.4, -0.2) is 23.0 Å². The Hall–Kier alpha value is -1.06. The van der Waals surface area contributed by atoms with Gasteiger partial charge in [0.25, 0.3) is 0 Å². The van der Waals surface area contributed by atoms with Crippen molar-refractivity contribution in [1.29, 1.82) is 0 Å². The van der Waals surface area contributed by atoms with E-state index in [1.807, 2.05) is 13.8 Å². The topological polar surface area (TPSA) is 66.4 Å². The first kappa shape index (κ1) is 12.0. The van der Waals surface area contributed by atoms with E-state index in [0.29, 0.717) is 12.8 Å². The van der Waals surface area contributed by atoms with Crippen LogP contribution in [0.2, 0.25) is 0 Å². The second kappa shape index (κ2) is 4.64. The van der Waals surface area contributed by atoms with E-state index in [9.17, 15) is 9.59 Å². The fraction of sp³-hybridized carbons (Fsp3) is 0.818. The van der Waals surface area contributed by atoms with Gasteiger partial charge < -0.3 is 10.4 Å². The molecule has 0 aliphatic heterocycles. The van der Waals surface area contributed by atoms with Crippen LogP contribution in [0, 0.1) is 5.41 Å². The summed E-state index contributed by atoms with van der Waals surface area (Å²) in [6, 6.07) is 0.106. The predicted molar refractivity (Wildman–Crippen MR) is 56.4 cm³/mol. The van der Waals surface area contributed by atoms with E-state index < -0.39 is 11.4 Å². The zero-order valence-electron chi connectivity index (χ0n) is 9.38. The van der Waals surface area contributed by atoms with E-state index in [1.165, 1.54) is 0 Å². The Bertz CT molecular complexity index is 255. The third-order valence-electron chi connectivity index (χ3n) is 3.37. The molecule has 0 spiro atoms. The van der Waals surface area contributed by atoms with Crippen molar-refractivity contribution in [2.75, 3.05) is 0 Å². The molecule has 0 saturated heterocycles. The third-order valence-corrected chi connectivity index (χ3v) is 3.37. The maximum absolute atomic E-state index is 11.8. The van der Waals surface area contributed by atoms with Gasteiger partial charge in [-0.15, -0.1) is 0 Å². The van der Waals surface area contributed by atoms with Crippen LogP contribution in [0.1, 0.15) is 46.0 Å². The zero-order chi connectivity index (χ0) is 11.5. The molecule has 0 aromatic heterocycles. The largest absolute Gasteiger partial charge is 0.480 e. The molecule has 1 amide bonds. The van der Waals surface area contributed by atoms with Crippen molar-refractivity contribution in [3.63, 3.8) is 0 Å². The molecule has 1 fully saturated rings. The van der Waals surface area contributed by atoms with Gasteiger partial charge in [0.05, 0.1) is 0 Å². The Labute approximate surface area is 90.0 Å². The third kappa shape index (κ3) is 2.13. The molecule has 1 rings (SSSR count). The molecule has 1 saturated carbocycles. The van der Waals surface area contributed by atoms with E-state index in [1.54, 1.807) is 0 Å². The van der Waals surface area contributed by atoms with Crippen molar-refractivity contribution in [2.24, 2.45) is 5.41 Å². The van der Waals surface area contributed by atoms with Crippen LogP contribution >= 0.6 is 0 Å². The minimum atomic E-state index is -1.12. The first-order valence-electron chi connectivity index (χ1n) is 5.61. The standard InChI is InChI=1S/C11H19NO3/c1-3-8(4-2)12-9(13)11(10(14)15)6-5-7-11/h8H,3-7H2,1-2H3,(H,12,13)(H,14,15). The maximum Gasteiger partial charge on any atom is 0.319 e. The summed E-state index contributed by atoms with van der Waals surface area (Å²) >= 11 is 0. The van der Waals surface area contributed by atoms with E-state index in [4.69, 9.17) is 5.11 Å². The number of aliphatic carboxylic acids is 1. The minimum absolute atomic E-state index is 0.106. The molecule has 0 bridgehead atoms. The van der Waals surface area contributed by atoms with Crippen LogP contribution in [0.5, 0.6) is 0 Å². The van der Waals surface area contributed by atoms with Crippen LogP contribution < -0.4 is 5.32 Å². The lowest BCUT2D eigenvalue weighted by molar-refractivity contribution is -0.162. The van der Waals surface area contributed by atoms with Gasteiger partial charge in [0, 0.05) is 6.04 Å². The van der Waals surface area contributed by atoms with Crippen molar-refractivity contribution in [3.8, 4) is 0 Å². The normalized spacial score (nSPS) is 18.3. The molecule has 0 aromatic carbocycles. The van der Waals surface area contributed by atoms with Gasteiger partial charge in [0.2, 0.25) is 5.91 Å². The molecule has 1 aliphatic rings. The van der Waals surface area contributed by atoms with Crippen molar-refractivity contribution >= 4 is 11.9 Å². The average Bonchev–Trinajstić information content (AvgIpc) is 2.11. The SMILES string of the molecule is CCC(CC)NC(=O)C1(C(=O)O)CCC1. The van der Waals surface area contributed by atoms with Gasteiger partial charge in [0.1, 0.15) is 5.41 Å². The van der Waals surface area contributed by atoms with Crippen LogP contribution in [0.25, 0.3) is 0 Å². The lowest BCUT2D eigenvalue weighted by atomic mass is 9.68. The highest BCUT2D eigenvalue weighted by molar-refractivity contribution is 6.02. The van der Waals surface area contributed by atoms with Gasteiger partial charge in [-0.3, -0.25) is 9.59 Å². The summed E-state index contributed by atoms with van der Waals surface area (Å²) in [5, 5.41) is 11.9.